The van der Waals surface area contributed by atoms with Crippen molar-refractivity contribution in [3.63, 3.8) is 0 Å². The van der Waals surface area contributed by atoms with E-state index in [1.807, 2.05) is 32.0 Å². The Morgan fingerprint density at radius 2 is 1.94 bits per heavy atom. The number of furan rings is 2. The highest BCUT2D eigenvalue weighted by atomic mass is 16.3. The van der Waals surface area contributed by atoms with Gasteiger partial charge in [0.1, 0.15) is 11.2 Å². The molecule has 2 aromatic heterocycles. The SMILES string of the molecule is CC(C)(N)Cc1c2ccoc2cc2ccoc12. The lowest BCUT2D eigenvalue weighted by molar-refractivity contribution is 0.513. The number of nitrogens with two attached hydrogens (primary N) is 1. The summed E-state index contributed by atoms with van der Waals surface area (Å²) in [6.45, 7) is 4.03. The molecule has 0 fully saturated rings. The molecule has 17 heavy (non-hydrogen) atoms. The van der Waals surface area contributed by atoms with Gasteiger partial charge in [-0.15, -0.1) is 0 Å². The van der Waals surface area contributed by atoms with Gasteiger partial charge in [0.2, 0.25) is 0 Å². The molecule has 3 aromatic rings. The summed E-state index contributed by atoms with van der Waals surface area (Å²) in [6.07, 6.45) is 4.17. The summed E-state index contributed by atoms with van der Waals surface area (Å²) in [5.41, 5.74) is 8.77. The lowest BCUT2D eigenvalue weighted by Gasteiger charge is -2.18. The standard InChI is InChI=1S/C14H15NO2/c1-14(2,15)8-11-10-4-6-16-12(10)7-9-3-5-17-13(9)11/h3-7H,8,15H2,1-2H3. The van der Waals surface area contributed by atoms with Crippen molar-refractivity contribution in [1.29, 1.82) is 0 Å². The maximum absolute atomic E-state index is 6.11. The molecule has 88 valence electrons. The van der Waals surface area contributed by atoms with Crippen LogP contribution >= 0.6 is 0 Å². The zero-order chi connectivity index (χ0) is 12.0. The molecule has 2 N–H and O–H groups in total. The largest absolute Gasteiger partial charge is 0.464 e. The number of fused-ring (bicyclic) bond motifs is 2. The molecule has 0 aliphatic carbocycles. The molecule has 3 heteroatoms. The molecular formula is C14H15NO2. The minimum atomic E-state index is -0.273. The van der Waals surface area contributed by atoms with Crippen molar-refractivity contribution in [2.45, 2.75) is 25.8 Å². The van der Waals surface area contributed by atoms with Crippen LogP contribution in [0.3, 0.4) is 0 Å². The fourth-order valence-electron chi connectivity index (χ4n) is 2.25. The maximum atomic E-state index is 6.11. The first-order valence-corrected chi connectivity index (χ1v) is 5.70. The van der Waals surface area contributed by atoms with E-state index >= 15 is 0 Å². The van der Waals surface area contributed by atoms with Crippen molar-refractivity contribution >= 4 is 21.9 Å². The second-order valence-electron chi connectivity index (χ2n) is 5.19. The molecule has 0 amide bonds. The van der Waals surface area contributed by atoms with E-state index in [0.29, 0.717) is 0 Å². The first-order valence-electron chi connectivity index (χ1n) is 5.70. The van der Waals surface area contributed by atoms with E-state index in [1.54, 1.807) is 12.5 Å². The molecule has 0 spiro atoms. The van der Waals surface area contributed by atoms with Crippen LogP contribution in [0.25, 0.3) is 21.9 Å². The quantitative estimate of drug-likeness (QED) is 0.732. The fourth-order valence-corrected chi connectivity index (χ4v) is 2.25. The highest BCUT2D eigenvalue weighted by Crippen LogP contribution is 2.31. The molecular weight excluding hydrogens is 214 g/mol. The Morgan fingerprint density at radius 3 is 2.71 bits per heavy atom. The van der Waals surface area contributed by atoms with Crippen LogP contribution in [0.4, 0.5) is 0 Å². The molecule has 0 aliphatic heterocycles. The van der Waals surface area contributed by atoms with Crippen molar-refractivity contribution in [2.75, 3.05) is 0 Å². The van der Waals surface area contributed by atoms with Crippen molar-refractivity contribution in [1.82, 2.24) is 0 Å². The van der Waals surface area contributed by atoms with Gasteiger partial charge in [-0.1, -0.05) is 0 Å². The fraction of sp³-hybridized carbons (Fsp3) is 0.286. The van der Waals surface area contributed by atoms with Gasteiger partial charge in [0, 0.05) is 21.9 Å². The average molecular weight is 229 g/mol. The van der Waals surface area contributed by atoms with Crippen LogP contribution in [-0.4, -0.2) is 5.54 Å². The third kappa shape index (κ3) is 1.72. The molecule has 0 radical (unpaired) electrons. The topological polar surface area (TPSA) is 52.3 Å². The maximum Gasteiger partial charge on any atom is 0.137 e. The number of rotatable bonds is 2. The lowest BCUT2D eigenvalue weighted by Crippen LogP contribution is -2.34. The Labute approximate surface area is 99.2 Å². The summed E-state index contributed by atoms with van der Waals surface area (Å²) in [4.78, 5) is 0. The van der Waals surface area contributed by atoms with Crippen molar-refractivity contribution in [3.05, 3.63) is 36.3 Å². The Morgan fingerprint density at radius 1 is 1.18 bits per heavy atom. The number of benzene rings is 1. The Kier molecular flexibility index (Phi) is 2.07. The van der Waals surface area contributed by atoms with Crippen molar-refractivity contribution < 1.29 is 8.83 Å². The van der Waals surface area contributed by atoms with E-state index in [4.69, 9.17) is 14.6 Å². The van der Waals surface area contributed by atoms with E-state index in [1.165, 1.54) is 0 Å². The summed E-state index contributed by atoms with van der Waals surface area (Å²) >= 11 is 0. The smallest absolute Gasteiger partial charge is 0.137 e. The highest BCUT2D eigenvalue weighted by Gasteiger charge is 2.19. The second-order valence-corrected chi connectivity index (χ2v) is 5.19. The molecule has 0 saturated heterocycles. The predicted octanol–water partition coefficient (Wildman–Crippen LogP) is 3.46. The van der Waals surface area contributed by atoms with Crippen LogP contribution in [-0.2, 0) is 6.42 Å². The highest BCUT2D eigenvalue weighted by molar-refractivity contribution is 5.97. The molecule has 0 bridgehead atoms. The van der Waals surface area contributed by atoms with E-state index < -0.39 is 0 Å². The van der Waals surface area contributed by atoms with Crippen molar-refractivity contribution in [2.24, 2.45) is 5.73 Å². The molecule has 3 rings (SSSR count). The molecule has 0 saturated carbocycles. The minimum absolute atomic E-state index is 0.273. The van der Waals surface area contributed by atoms with Gasteiger partial charge in [-0.05, 0) is 38.5 Å². The van der Waals surface area contributed by atoms with Crippen molar-refractivity contribution in [3.8, 4) is 0 Å². The molecule has 3 nitrogen and oxygen atoms in total. The van der Waals surface area contributed by atoms with Crippen LogP contribution in [0.15, 0.2) is 39.6 Å². The molecule has 1 aromatic carbocycles. The molecule has 2 heterocycles. The van der Waals surface area contributed by atoms with Gasteiger partial charge in [0.15, 0.2) is 0 Å². The normalized spacial score (nSPS) is 12.6. The third-order valence-electron chi connectivity index (χ3n) is 2.91. The first-order chi connectivity index (χ1) is 8.04. The van der Waals surface area contributed by atoms with Gasteiger partial charge in [-0.3, -0.25) is 0 Å². The lowest BCUT2D eigenvalue weighted by atomic mass is 9.93. The minimum Gasteiger partial charge on any atom is -0.464 e. The van der Waals surface area contributed by atoms with Crippen LogP contribution in [0.1, 0.15) is 19.4 Å². The number of hydrogen-bond acceptors (Lipinski definition) is 3. The summed E-state index contributed by atoms with van der Waals surface area (Å²) in [5.74, 6) is 0. The van der Waals surface area contributed by atoms with Crippen LogP contribution < -0.4 is 5.73 Å². The van der Waals surface area contributed by atoms with Gasteiger partial charge in [-0.2, -0.15) is 0 Å². The van der Waals surface area contributed by atoms with Gasteiger partial charge < -0.3 is 14.6 Å². The molecule has 0 aliphatic rings. The molecule has 0 unspecified atom stereocenters. The first kappa shape index (κ1) is 10.4. The molecule has 0 atom stereocenters. The van der Waals surface area contributed by atoms with E-state index in [-0.39, 0.29) is 5.54 Å². The van der Waals surface area contributed by atoms with Gasteiger partial charge >= 0.3 is 0 Å². The summed E-state index contributed by atoms with van der Waals surface area (Å²) in [6, 6.07) is 5.92. The second kappa shape index (κ2) is 3.37. The summed E-state index contributed by atoms with van der Waals surface area (Å²) in [7, 11) is 0. The monoisotopic (exact) mass is 229 g/mol. The van der Waals surface area contributed by atoms with E-state index in [2.05, 4.69) is 0 Å². The zero-order valence-electron chi connectivity index (χ0n) is 9.99. The Bertz CT molecular complexity index is 621. The van der Waals surface area contributed by atoms with Crippen LogP contribution in [0.5, 0.6) is 0 Å². The number of hydrogen-bond donors (Lipinski definition) is 1. The van der Waals surface area contributed by atoms with Gasteiger partial charge in [0.25, 0.3) is 0 Å². The zero-order valence-corrected chi connectivity index (χ0v) is 9.99. The van der Waals surface area contributed by atoms with Gasteiger partial charge in [0.05, 0.1) is 12.5 Å². The predicted molar refractivity (Wildman–Crippen MR) is 68.0 cm³/mol. The Hall–Kier alpha value is -1.74. The van der Waals surface area contributed by atoms with Crippen LogP contribution in [0, 0.1) is 0 Å². The van der Waals surface area contributed by atoms with E-state index in [9.17, 15) is 0 Å². The third-order valence-corrected chi connectivity index (χ3v) is 2.91. The summed E-state index contributed by atoms with van der Waals surface area (Å²) < 4.78 is 11.0. The average Bonchev–Trinajstić information content (AvgIpc) is 2.82. The Balaban J connectivity index is 2.34. The summed E-state index contributed by atoms with van der Waals surface area (Å²) in [5, 5.41) is 2.15. The van der Waals surface area contributed by atoms with Gasteiger partial charge in [-0.25, -0.2) is 0 Å². The van der Waals surface area contributed by atoms with E-state index in [0.717, 1.165) is 33.9 Å². The van der Waals surface area contributed by atoms with Crippen LogP contribution in [0.2, 0.25) is 0 Å².